The van der Waals surface area contributed by atoms with Gasteiger partial charge >= 0.3 is 6.09 Å². The number of hydrogen-bond acceptors (Lipinski definition) is 5. The number of carbonyl (C=O) groups is 1. The Morgan fingerprint density at radius 2 is 1.79 bits per heavy atom. The second kappa shape index (κ2) is 8.97. The Hall–Kier alpha value is -3.81. The molecule has 1 fully saturated rings. The summed E-state index contributed by atoms with van der Waals surface area (Å²) in [6.07, 6.45) is 8.14. The Bertz CT molecular complexity index is 1250. The fourth-order valence-electron chi connectivity index (χ4n) is 4.31. The molecule has 8 heteroatoms. The van der Waals surface area contributed by atoms with E-state index < -0.39 is 0 Å². The monoisotopic (exact) mass is 444 g/mol. The molecule has 1 saturated heterocycles. The molecule has 1 atom stereocenters. The van der Waals surface area contributed by atoms with Gasteiger partial charge in [0.25, 0.3) is 0 Å². The highest BCUT2D eigenvalue weighted by molar-refractivity contribution is 5.75. The number of fused-ring (bicyclic) bond motifs is 1. The molecule has 170 valence electrons. The van der Waals surface area contributed by atoms with Gasteiger partial charge < -0.3 is 14.5 Å². The Labute approximate surface area is 193 Å². The van der Waals surface area contributed by atoms with E-state index in [0.717, 1.165) is 47.4 Å². The fourth-order valence-corrected chi connectivity index (χ4v) is 4.31. The molecule has 1 unspecified atom stereocenters. The molecule has 3 aromatic heterocycles. The van der Waals surface area contributed by atoms with Crippen LogP contribution in [0, 0.1) is 0 Å². The summed E-state index contributed by atoms with van der Waals surface area (Å²) in [5, 5.41) is 8.84. The molecule has 1 amide bonds. The normalized spacial score (nSPS) is 15.5. The van der Waals surface area contributed by atoms with Crippen LogP contribution in [0.2, 0.25) is 0 Å². The van der Waals surface area contributed by atoms with Crippen molar-refractivity contribution in [2.24, 2.45) is 7.05 Å². The van der Waals surface area contributed by atoms with E-state index in [0.29, 0.717) is 13.1 Å². The molecule has 4 heterocycles. The molecule has 5 rings (SSSR count). The Balaban J connectivity index is 1.26. The van der Waals surface area contributed by atoms with Gasteiger partial charge in [0, 0.05) is 56.7 Å². The minimum Gasteiger partial charge on any atom is -0.442 e. The smallest absolute Gasteiger partial charge is 0.410 e. The summed E-state index contributed by atoms with van der Waals surface area (Å²) in [5.41, 5.74) is 5.27. The number of carbonyl (C=O) groups excluding carboxylic acids is 1. The maximum absolute atomic E-state index is 12.8. The summed E-state index contributed by atoms with van der Waals surface area (Å²) < 4.78 is 9.44. The maximum atomic E-state index is 12.8. The topological polar surface area (TPSA) is 67.9 Å². The zero-order valence-corrected chi connectivity index (χ0v) is 19.0. The van der Waals surface area contributed by atoms with E-state index in [1.54, 1.807) is 4.68 Å². The average molecular weight is 445 g/mol. The fraction of sp³-hybridized carbons (Fsp3) is 0.320. The summed E-state index contributed by atoms with van der Waals surface area (Å²) in [4.78, 5) is 16.9. The van der Waals surface area contributed by atoms with Crippen molar-refractivity contribution in [3.8, 4) is 11.1 Å². The number of rotatable bonds is 4. The van der Waals surface area contributed by atoms with Gasteiger partial charge in [0.15, 0.2) is 0 Å². The molecule has 0 N–H and O–H groups in total. The summed E-state index contributed by atoms with van der Waals surface area (Å²) >= 11 is 0. The van der Waals surface area contributed by atoms with E-state index in [-0.39, 0.29) is 12.2 Å². The first kappa shape index (κ1) is 21.1. The first-order valence-electron chi connectivity index (χ1n) is 11.3. The lowest BCUT2D eigenvalue weighted by Gasteiger charge is -2.24. The van der Waals surface area contributed by atoms with Crippen LogP contribution in [0.15, 0.2) is 67.3 Å². The Kier molecular flexibility index (Phi) is 5.73. The van der Waals surface area contributed by atoms with Crippen LogP contribution in [-0.2, 0) is 11.8 Å². The van der Waals surface area contributed by atoms with E-state index in [4.69, 9.17) is 4.74 Å². The lowest BCUT2D eigenvalue weighted by molar-refractivity contribution is 0.0715. The minimum absolute atomic E-state index is 0.255. The molecule has 0 bridgehead atoms. The molecule has 1 aromatic carbocycles. The zero-order valence-electron chi connectivity index (χ0n) is 19.0. The van der Waals surface area contributed by atoms with Gasteiger partial charge in [0.05, 0.1) is 23.6 Å². The zero-order chi connectivity index (χ0) is 22.8. The third-order valence-electron chi connectivity index (χ3n) is 6.18. The number of anilines is 1. The SMILES string of the molecule is CC(OC(=O)N1CCCN(c2cnn3cc(-c4cnn(C)c4)ccc23)CC1)c1ccccc1. The van der Waals surface area contributed by atoms with Crippen LogP contribution in [0.3, 0.4) is 0 Å². The van der Waals surface area contributed by atoms with E-state index in [1.165, 1.54) is 0 Å². The predicted molar refractivity (Wildman–Crippen MR) is 127 cm³/mol. The number of hydrogen-bond donors (Lipinski definition) is 0. The van der Waals surface area contributed by atoms with Crippen molar-refractivity contribution in [2.75, 3.05) is 31.1 Å². The van der Waals surface area contributed by atoms with E-state index in [1.807, 2.05) is 78.5 Å². The number of aryl methyl sites for hydroxylation is 1. The number of ether oxygens (including phenoxy) is 1. The van der Waals surface area contributed by atoms with Crippen molar-refractivity contribution in [2.45, 2.75) is 19.4 Å². The van der Waals surface area contributed by atoms with Crippen molar-refractivity contribution < 1.29 is 9.53 Å². The second-order valence-electron chi connectivity index (χ2n) is 8.44. The van der Waals surface area contributed by atoms with Crippen LogP contribution in [0.1, 0.15) is 25.0 Å². The quantitative estimate of drug-likeness (QED) is 0.473. The first-order chi connectivity index (χ1) is 16.1. The van der Waals surface area contributed by atoms with Gasteiger partial charge in [0.2, 0.25) is 0 Å². The molecule has 8 nitrogen and oxygen atoms in total. The molecule has 0 spiro atoms. The average Bonchev–Trinajstić information content (AvgIpc) is 3.38. The highest BCUT2D eigenvalue weighted by atomic mass is 16.6. The second-order valence-corrected chi connectivity index (χ2v) is 8.44. The van der Waals surface area contributed by atoms with Crippen LogP contribution in [0.5, 0.6) is 0 Å². The minimum atomic E-state index is -0.272. The van der Waals surface area contributed by atoms with Crippen molar-refractivity contribution in [1.29, 1.82) is 0 Å². The van der Waals surface area contributed by atoms with E-state index in [9.17, 15) is 4.79 Å². The van der Waals surface area contributed by atoms with Crippen molar-refractivity contribution in [3.63, 3.8) is 0 Å². The molecule has 1 aliphatic heterocycles. The third kappa shape index (κ3) is 4.41. The van der Waals surface area contributed by atoms with E-state index in [2.05, 4.69) is 27.2 Å². The van der Waals surface area contributed by atoms with Crippen molar-refractivity contribution in [1.82, 2.24) is 24.3 Å². The van der Waals surface area contributed by atoms with Crippen LogP contribution in [0.25, 0.3) is 16.6 Å². The number of aromatic nitrogens is 4. The number of nitrogens with zero attached hydrogens (tertiary/aromatic N) is 6. The van der Waals surface area contributed by atoms with Crippen molar-refractivity contribution in [3.05, 3.63) is 72.8 Å². The molecule has 0 radical (unpaired) electrons. The maximum Gasteiger partial charge on any atom is 0.410 e. The first-order valence-corrected chi connectivity index (χ1v) is 11.3. The molecule has 4 aromatic rings. The summed E-state index contributed by atoms with van der Waals surface area (Å²) in [6, 6.07) is 14.0. The van der Waals surface area contributed by atoms with Crippen LogP contribution >= 0.6 is 0 Å². The lowest BCUT2D eigenvalue weighted by atomic mass is 10.1. The van der Waals surface area contributed by atoms with Crippen LogP contribution < -0.4 is 4.90 Å². The highest BCUT2D eigenvalue weighted by Crippen LogP contribution is 2.26. The molecule has 1 aliphatic rings. The molecular weight excluding hydrogens is 416 g/mol. The van der Waals surface area contributed by atoms with Gasteiger partial charge in [-0.15, -0.1) is 0 Å². The van der Waals surface area contributed by atoms with Gasteiger partial charge in [-0.25, -0.2) is 9.31 Å². The summed E-state index contributed by atoms with van der Waals surface area (Å²) in [7, 11) is 1.91. The highest BCUT2D eigenvalue weighted by Gasteiger charge is 2.23. The van der Waals surface area contributed by atoms with Gasteiger partial charge in [-0.2, -0.15) is 10.2 Å². The van der Waals surface area contributed by atoms with E-state index >= 15 is 0 Å². The number of pyridine rings is 1. The predicted octanol–water partition coefficient (Wildman–Crippen LogP) is 4.14. The molecule has 33 heavy (non-hydrogen) atoms. The lowest BCUT2D eigenvalue weighted by Crippen LogP contribution is -2.36. The molecule has 0 aliphatic carbocycles. The summed E-state index contributed by atoms with van der Waals surface area (Å²) in [5.74, 6) is 0. The van der Waals surface area contributed by atoms with Gasteiger partial charge in [-0.1, -0.05) is 36.4 Å². The van der Waals surface area contributed by atoms with Crippen molar-refractivity contribution >= 4 is 17.3 Å². The standard InChI is InChI=1S/C25H28N6O2/c1-19(20-7-4-3-5-8-20)33-25(32)30-12-6-11-29(13-14-30)24-16-27-31-18-21(9-10-23(24)31)22-15-26-28(2)17-22/h3-5,7-10,15-19H,6,11-14H2,1-2H3. The Morgan fingerprint density at radius 1 is 0.939 bits per heavy atom. The van der Waals surface area contributed by atoms with Gasteiger partial charge in [-0.05, 0) is 25.0 Å². The molecule has 0 saturated carbocycles. The van der Waals surface area contributed by atoms with Gasteiger partial charge in [0.1, 0.15) is 6.10 Å². The third-order valence-corrected chi connectivity index (χ3v) is 6.18. The number of amides is 1. The molecular formula is C25H28N6O2. The Morgan fingerprint density at radius 3 is 2.58 bits per heavy atom. The van der Waals surface area contributed by atoms with Crippen LogP contribution in [0.4, 0.5) is 10.5 Å². The van der Waals surface area contributed by atoms with Gasteiger partial charge in [-0.3, -0.25) is 4.68 Å². The largest absolute Gasteiger partial charge is 0.442 e. The number of benzene rings is 1. The van der Waals surface area contributed by atoms with Crippen LogP contribution in [-0.4, -0.2) is 56.6 Å². The summed E-state index contributed by atoms with van der Waals surface area (Å²) in [6.45, 7) is 4.81.